The van der Waals surface area contributed by atoms with Crippen LogP contribution >= 0.6 is 15.9 Å². The Labute approximate surface area is 137 Å². The van der Waals surface area contributed by atoms with E-state index in [4.69, 9.17) is 4.74 Å². The van der Waals surface area contributed by atoms with Gasteiger partial charge in [-0.15, -0.1) is 0 Å². The second-order valence-corrected chi connectivity index (χ2v) is 8.32. The Balaban J connectivity index is 2.26. The third-order valence-corrected chi connectivity index (χ3v) is 5.85. The molecule has 1 fully saturated rings. The summed E-state index contributed by atoms with van der Waals surface area (Å²) in [6.45, 7) is 0.492. The lowest BCUT2D eigenvalue weighted by Gasteiger charge is -2.28. The second-order valence-electron chi connectivity index (χ2n) is 5.17. The molecule has 122 valence electrons. The Morgan fingerprint density at radius 2 is 2.23 bits per heavy atom. The van der Waals surface area contributed by atoms with Crippen molar-refractivity contribution < 1.29 is 22.3 Å². The molecule has 8 heteroatoms. The molecule has 1 amide bonds. The van der Waals surface area contributed by atoms with E-state index in [2.05, 4.69) is 15.9 Å². The molecule has 22 heavy (non-hydrogen) atoms. The molecule has 0 saturated carbocycles. The Morgan fingerprint density at radius 3 is 2.77 bits per heavy atom. The Kier molecular flexibility index (Phi) is 5.57. The van der Waals surface area contributed by atoms with E-state index in [1.807, 2.05) is 0 Å². The molecule has 5 nitrogen and oxygen atoms in total. The summed E-state index contributed by atoms with van der Waals surface area (Å²) in [4.78, 5) is 14.0. The third-order valence-electron chi connectivity index (χ3n) is 3.61. The Hall–Kier alpha value is -0.990. The first kappa shape index (κ1) is 17.4. The van der Waals surface area contributed by atoms with Crippen LogP contribution in [-0.4, -0.2) is 57.0 Å². The van der Waals surface area contributed by atoms with Gasteiger partial charge in [-0.05, 0) is 24.6 Å². The number of halogens is 2. The summed E-state index contributed by atoms with van der Waals surface area (Å²) >= 11 is 3.14. The topological polar surface area (TPSA) is 63.7 Å². The first-order chi connectivity index (χ1) is 10.3. The van der Waals surface area contributed by atoms with E-state index in [-0.39, 0.29) is 30.2 Å². The number of benzene rings is 1. The molecule has 0 spiro atoms. The molecule has 0 aliphatic carbocycles. The average Bonchev–Trinajstić information content (AvgIpc) is 2.79. The number of methoxy groups -OCH3 is 1. The van der Waals surface area contributed by atoms with Gasteiger partial charge in [-0.1, -0.05) is 15.9 Å². The van der Waals surface area contributed by atoms with E-state index in [1.54, 1.807) is 6.07 Å². The summed E-state index contributed by atoms with van der Waals surface area (Å²) in [7, 11) is -1.64. The highest BCUT2D eigenvalue weighted by molar-refractivity contribution is 9.10. The molecule has 0 radical (unpaired) electrons. The first-order valence-corrected chi connectivity index (χ1v) is 9.41. The largest absolute Gasteiger partial charge is 0.383 e. The van der Waals surface area contributed by atoms with E-state index in [9.17, 15) is 17.6 Å². The summed E-state index contributed by atoms with van der Waals surface area (Å²) in [5.74, 6) is -1.18. The third kappa shape index (κ3) is 4.05. The van der Waals surface area contributed by atoms with Gasteiger partial charge >= 0.3 is 0 Å². The lowest BCUT2D eigenvalue weighted by Crippen LogP contribution is -2.43. The molecule has 1 saturated heterocycles. The second kappa shape index (κ2) is 7.06. The van der Waals surface area contributed by atoms with Crippen molar-refractivity contribution in [2.75, 3.05) is 31.8 Å². The minimum Gasteiger partial charge on any atom is -0.383 e. The molecule has 1 aliphatic rings. The van der Waals surface area contributed by atoms with E-state index in [0.29, 0.717) is 10.9 Å². The molecule has 1 aromatic carbocycles. The Bertz CT molecular complexity index is 665. The zero-order valence-corrected chi connectivity index (χ0v) is 14.5. The van der Waals surface area contributed by atoms with Gasteiger partial charge in [-0.3, -0.25) is 4.79 Å². The van der Waals surface area contributed by atoms with Gasteiger partial charge in [0.25, 0.3) is 5.91 Å². The maximum absolute atomic E-state index is 14.0. The van der Waals surface area contributed by atoms with Crippen molar-refractivity contribution in [1.82, 2.24) is 4.90 Å². The lowest BCUT2D eigenvalue weighted by atomic mass is 10.1. The number of hydrogen-bond acceptors (Lipinski definition) is 4. The van der Waals surface area contributed by atoms with Crippen LogP contribution in [0.15, 0.2) is 22.7 Å². The van der Waals surface area contributed by atoms with Crippen LogP contribution in [0.3, 0.4) is 0 Å². The van der Waals surface area contributed by atoms with E-state index in [1.165, 1.54) is 24.1 Å². The van der Waals surface area contributed by atoms with Gasteiger partial charge < -0.3 is 9.64 Å². The molecule has 0 bridgehead atoms. The van der Waals surface area contributed by atoms with Crippen LogP contribution in [0.4, 0.5) is 4.39 Å². The molecular formula is C14H17BrFNO4S. The van der Waals surface area contributed by atoms with Crippen LogP contribution in [0.25, 0.3) is 0 Å². The van der Waals surface area contributed by atoms with E-state index >= 15 is 0 Å². The van der Waals surface area contributed by atoms with Crippen LogP contribution in [0.1, 0.15) is 16.8 Å². The van der Waals surface area contributed by atoms with Crippen molar-refractivity contribution in [2.45, 2.75) is 12.5 Å². The highest BCUT2D eigenvalue weighted by Crippen LogP contribution is 2.22. The van der Waals surface area contributed by atoms with Crippen molar-refractivity contribution in [1.29, 1.82) is 0 Å². The molecule has 2 rings (SSSR count). The van der Waals surface area contributed by atoms with Crippen LogP contribution < -0.4 is 0 Å². The van der Waals surface area contributed by atoms with Crippen molar-refractivity contribution in [3.63, 3.8) is 0 Å². The lowest BCUT2D eigenvalue weighted by molar-refractivity contribution is 0.0620. The van der Waals surface area contributed by atoms with Gasteiger partial charge in [0.05, 0.1) is 23.7 Å². The molecule has 1 unspecified atom stereocenters. The molecule has 1 atom stereocenters. The standard InChI is InChI=1S/C14H17BrFNO4S/c1-21-6-5-17(11-4-7-22(19,20)9-11)14(18)12-3-2-10(15)8-13(12)16/h2-3,8,11H,4-7,9H2,1H3. The maximum atomic E-state index is 14.0. The van der Waals surface area contributed by atoms with Gasteiger partial charge in [0, 0.05) is 24.2 Å². The first-order valence-electron chi connectivity index (χ1n) is 6.79. The highest BCUT2D eigenvalue weighted by Gasteiger charge is 2.35. The van der Waals surface area contributed by atoms with Crippen molar-refractivity contribution >= 4 is 31.7 Å². The zero-order valence-electron chi connectivity index (χ0n) is 12.1. The summed E-state index contributed by atoms with van der Waals surface area (Å²) < 4.78 is 42.8. The number of carbonyl (C=O) groups is 1. The number of carbonyl (C=O) groups excluding carboxylic acids is 1. The summed E-state index contributed by atoms with van der Waals surface area (Å²) in [6, 6.07) is 3.75. The van der Waals surface area contributed by atoms with E-state index in [0.717, 1.165) is 0 Å². The fraction of sp³-hybridized carbons (Fsp3) is 0.500. The highest BCUT2D eigenvalue weighted by atomic mass is 79.9. The predicted molar refractivity (Wildman–Crippen MR) is 84.1 cm³/mol. The summed E-state index contributed by atoms with van der Waals surface area (Å²) in [5, 5.41) is 0. The molecule has 1 aromatic rings. The van der Waals surface area contributed by atoms with Crippen molar-refractivity contribution in [3.05, 3.63) is 34.1 Å². The summed E-state index contributed by atoms with van der Waals surface area (Å²) in [6.07, 6.45) is 0.371. The molecular weight excluding hydrogens is 377 g/mol. The average molecular weight is 394 g/mol. The molecule has 1 heterocycles. The number of nitrogens with zero attached hydrogens (tertiary/aromatic N) is 1. The van der Waals surface area contributed by atoms with Gasteiger partial charge in [0.2, 0.25) is 0 Å². The Morgan fingerprint density at radius 1 is 1.50 bits per heavy atom. The fourth-order valence-corrected chi connectivity index (χ4v) is 4.54. The number of hydrogen-bond donors (Lipinski definition) is 0. The zero-order chi connectivity index (χ0) is 16.3. The molecule has 0 aromatic heterocycles. The van der Waals surface area contributed by atoms with Gasteiger partial charge in [-0.25, -0.2) is 12.8 Å². The minimum atomic E-state index is -3.13. The van der Waals surface area contributed by atoms with Gasteiger partial charge in [0.15, 0.2) is 9.84 Å². The number of amides is 1. The van der Waals surface area contributed by atoms with Crippen molar-refractivity contribution in [2.24, 2.45) is 0 Å². The van der Waals surface area contributed by atoms with E-state index < -0.39 is 27.6 Å². The van der Waals surface area contributed by atoms with Crippen LogP contribution in [0.5, 0.6) is 0 Å². The van der Waals surface area contributed by atoms with Gasteiger partial charge in [-0.2, -0.15) is 0 Å². The van der Waals surface area contributed by atoms with Crippen LogP contribution in [-0.2, 0) is 14.6 Å². The van der Waals surface area contributed by atoms with Crippen LogP contribution in [0.2, 0.25) is 0 Å². The number of sulfone groups is 1. The molecule has 1 aliphatic heterocycles. The molecule has 0 N–H and O–H groups in total. The minimum absolute atomic E-state index is 0.0528. The van der Waals surface area contributed by atoms with Crippen LogP contribution in [0, 0.1) is 5.82 Å². The fourth-order valence-electron chi connectivity index (χ4n) is 2.48. The quantitative estimate of drug-likeness (QED) is 0.765. The predicted octanol–water partition coefficient (Wildman–Crippen LogP) is 1.86. The smallest absolute Gasteiger partial charge is 0.257 e. The summed E-state index contributed by atoms with van der Waals surface area (Å²) in [5.41, 5.74) is -0.0661. The van der Waals surface area contributed by atoms with Gasteiger partial charge in [0.1, 0.15) is 5.82 Å². The normalized spacial score (nSPS) is 20.0. The number of rotatable bonds is 5. The SMILES string of the molecule is COCCN(C(=O)c1ccc(Br)cc1F)C1CCS(=O)(=O)C1. The maximum Gasteiger partial charge on any atom is 0.257 e. The van der Waals surface area contributed by atoms with Crippen molar-refractivity contribution in [3.8, 4) is 0 Å². The monoisotopic (exact) mass is 393 g/mol. The number of ether oxygens (including phenoxy) is 1.